The van der Waals surface area contributed by atoms with Crippen LogP contribution in [0.4, 0.5) is 4.79 Å². The largest absolute Gasteiger partial charge is 0.481 e. The van der Waals surface area contributed by atoms with Crippen molar-refractivity contribution >= 4 is 12.0 Å². The highest BCUT2D eigenvalue weighted by Crippen LogP contribution is 2.18. The highest BCUT2D eigenvalue weighted by molar-refractivity contribution is 5.75. The maximum atomic E-state index is 11.7. The lowest BCUT2D eigenvalue weighted by atomic mass is 9.97. The van der Waals surface area contributed by atoms with Crippen molar-refractivity contribution in [1.29, 1.82) is 0 Å². The van der Waals surface area contributed by atoms with Crippen molar-refractivity contribution < 1.29 is 14.7 Å². The number of carbonyl (C=O) groups is 2. The molecule has 1 fully saturated rings. The number of carboxylic acids is 1. The highest BCUT2D eigenvalue weighted by atomic mass is 16.4. The van der Waals surface area contributed by atoms with Gasteiger partial charge in [0.2, 0.25) is 0 Å². The van der Waals surface area contributed by atoms with Gasteiger partial charge in [0, 0.05) is 25.2 Å². The Morgan fingerprint density at radius 3 is 2.89 bits per heavy atom. The zero-order valence-corrected chi connectivity index (χ0v) is 10.7. The molecule has 2 N–H and O–H groups in total. The topological polar surface area (TPSA) is 95.4 Å². The van der Waals surface area contributed by atoms with E-state index in [9.17, 15) is 9.59 Å². The van der Waals surface area contributed by atoms with Crippen molar-refractivity contribution in [2.45, 2.75) is 19.9 Å². The van der Waals surface area contributed by atoms with Crippen molar-refractivity contribution in [2.24, 2.45) is 5.92 Å². The van der Waals surface area contributed by atoms with Crippen LogP contribution in [-0.2, 0) is 11.3 Å². The molecule has 0 bridgehead atoms. The normalized spacial score (nSPS) is 14.9. The molecule has 0 atom stereocenters. The van der Waals surface area contributed by atoms with Gasteiger partial charge in [-0.25, -0.2) is 14.8 Å². The fraction of sp³-hybridized carbons (Fsp3) is 0.500. The smallest absolute Gasteiger partial charge is 0.317 e. The molecule has 0 unspecified atom stereocenters. The van der Waals surface area contributed by atoms with Gasteiger partial charge in [-0.2, -0.15) is 0 Å². The summed E-state index contributed by atoms with van der Waals surface area (Å²) in [5.74, 6) is -0.0803. The first-order valence-corrected chi connectivity index (χ1v) is 6.07. The highest BCUT2D eigenvalue weighted by Gasteiger charge is 2.31. The molecular formula is C12H16N4O3. The zero-order chi connectivity index (χ0) is 13.8. The summed E-state index contributed by atoms with van der Waals surface area (Å²) >= 11 is 0. The molecule has 0 aliphatic carbocycles. The van der Waals surface area contributed by atoms with Crippen LogP contribution < -0.4 is 5.32 Å². The molecule has 1 aliphatic rings. The van der Waals surface area contributed by atoms with Gasteiger partial charge >= 0.3 is 12.0 Å². The molecule has 102 valence electrons. The number of aliphatic carboxylic acids is 1. The van der Waals surface area contributed by atoms with Gasteiger partial charge in [0.25, 0.3) is 0 Å². The predicted octanol–water partition coefficient (Wildman–Crippen LogP) is 0.401. The van der Waals surface area contributed by atoms with Gasteiger partial charge in [-0.1, -0.05) is 0 Å². The van der Waals surface area contributed by atoms with E-state index in [0.29, 0.717) is 25.5 Å². The quantitative estimate of drug-likeness (QED) is 0.820. The first-order valence-electron chi connectivity index (χ1n) is 6.07. The number of aromatic nitrogens is 2. The van der Waals surface area contributed by atoms with Crippen molar-refractivity contribution in [3.63, 3.8) is 0 Å². The Hall–Kier alpha value is -2.18. The van der Waals surface area contributed by atoms with Gasteiger partial charge < -0.3 is 15.3 Å². The van der Waals surface area contributed by atoms with Crippen LogP contribution in [0.5, 0.6) is 0 Å². The van der Waals surface area contributed by atoms with Crippen LogP contribution in [0.15, 0.2) is 12.3 Å². The molecule has 1 aromatic heterocycles. The second-order valence-electron chi connectivity index (χ2n) is 4.62. The molecule has 7 nitrogen and oxygen atoms in total. The third-order valence-electron chi connectivity index (χ3n) is 2.96. The average Bonchev–Trinajstić information content (AvgIpc) is 2.30. The van der Waals surface area contributed by atoms with E-state index in [2.05, 4.69) is 15.3 Å². The molecular weight excluding hydrogens is 248 g/mol. The second-order valence-corrected chi connectivity index (χ2v) is 4.62. The third-order valence-corrected chi connectivity index (χ3v) is 2.96. The van der Waals surface area contributed by atoms with Gasteiger partial charge in [-0.3, -0.25) is 4.79 Å². The van der Waals surface area contributed by atoms with Gasteiger partial charge in [-0.15, -0.1) is 0 Å². The standard InChI is InChI=1S/C12H16N4O3/c1-8-13-3-2-10(15-8)5-14-12(19)16-6-9(7-16)4-11(17)18/h2-3,9H,4-7H2,1H3,(H,14,19)(H,17,18). The molecule has 2 amide bonds. The third kappa shape index (κ3) is 3.64. The maximum absolute atomic E-state index is 11.7. The molecule has 2 heterocycles. The average molecular weight is 264 g/mol. The Kier molecular flexibility index (Phi) is 3.94. The lowest BCUT2D eigenvalue weighted by molar-refractivity contribution is -0.139. The number of rotatable bonds is 4. The zero-order valence-electron chi connectivity index (χ0n) is 10.7. The second kappa shape index (κ2) is 5.64. The van der Waals surface area contributed by atoms with Crippen LogP contribution in [0.1, 0.15) is 17.9 Å². The Morgan fingerprint density at radius 2 is 2.26 bits per heavy atom. The van der Waals surface area contributed by atoms with Crippen LogP contribution in [0, 0.1) is 12.8 Å². The molecule has 0 aromatic carbocycles. The van der Waals surface area contributed by atoms with Crippen molar-refractivity contribution in [3.05, 3.63) is 23.8 Å². The fourth-order valence-electron chi connectivity index (χ4n) is 1.99. The molecule has 1 aliphatic heterocycles. The molecule has 2 rings (SSSR count). The van der Waals surface area contributed by atoms with E-state index in [-0.39, 0.29) is 18.4 Å². The first-order chi connectivity index (χ1) is 9.04. The summed E-state index contributed by atoms with van der Waals surface area (Å²) in [7, 11) is 0. The fourth-order valence-corrected chi connectivity index (χ4v) is 1.99. The number of carboxylic acid groups (broad SMARTS) is 1. The number of likely N-dealkylation sites (tertiary alicyclic amines) is 1. The van der Waals surface area contributed by atoms with Gasteiger partial charge in [0.05, 0.1) is 18.7 Å². The lowest BCUT2D eigenvalue weighted by Gasteiger charge is -2.38. The van der Waals surface area contributed by atoms with Crippen LogP contribution >= 0.6 is 0 Å². The Bertz CT molecular complexity index is 486. The van der Waals surface area contributed by atoms with Gasteiger partial charge in [-0.05, 0) is 13.0 Å². The van der Waals surface area contributed by atoms with Crippen LogP contribution in [-0.4, -0.2) is 45.1 Å². The van der Waals surface area contributed by atoms with E-state index >= 15 is 0 Å². The Balaban J connectivity index is 1.73. The minimum absolute atomic E-state index is 0.0737. The molecule has 0 saturated carbocycles. The molecule has 7 heteroatoms. The molecule has 0 radical (unpaired) electrons. The van der Waals surface area contributed by atoms with E-state index in [1.165, 1.54) is 0 Å². The number of aryl methyl sites for hydroxylation is 1. The van der Waals surface area contributed by atoms with E-state index in [1.807, 2.05) is 0 Å². The summed E-state index contributed by atoms with van der Waals surface area (Å²) in [6.45, 7) is 3.14. The number of amides is 2. The minimum Gasteiger partial charge on any atom is -0.481 e. The van der Waals surface area contributed by atoms with Crippen molar-refractivity contribution in [1.82, 2.24) is 20.2 Å². The monoisotopic (exact) mass is 264 g/mol. The van der Waals surface area contributed by atoms with Crippen LogP contribution in [0.3, 0.4) is 0 Å². The van der Waals surface area contributed by atoms with E-state index < -0.39 is 5.97 Å². The van der Waals surface area contributed by atoms with Crippen LogP contribution in [0.25, 0.3) is 0 Å². The first kappa shape index (κ1) is 13.3. The summed E-state index contributed by atoms with van der Waals surface area (Å²) in [6, 6.07) is 1.56. The number of hydrogen-bond acceptors (Lipinski definition) is 4. The summed E-state index contributed by atoms with van der Waals surface area (Å²) in [4.78, 5) is 32.0. The SMILES string of the molecule is Cc1nccc(CNC(=O)N2CC(CC(=O)O)C2)n1. The lowest BCUT2D eigenvalue weighted by Crippen LogP contribution is -2.54. The van der Waals surface area contributed by atoms with Crippen molar-refractivity contribution in [2.75, 3.05) is 13.1 Å². The molecule has 19 heavy (non-hydrogen) atoms. The molecule has 1 saturated heterocycles. The number of carbonyl (C=O) groups excluding carboxylic acids is 1. The summed E-state index contributed by atoms with van der Waals surface area (Å²) in [5.41, 5.74) is 0.753. The Labute approximate surface area is 110 Å². The number of urea groups is 1. The number of hydrogen-bond donors (Lipinski definition) is 2. The number of nitrogens with one attached hydrogen (secondary N) is 1. The summed E-state index contributed by atoms with van der Waals surface area (Å²) in [5, 5.41) is 11.4. The molecule has 0 spiro atoms. The van der Waals surface area contributed by atoms with Crippen LogP contribution in [0.2, 0.25) is 0 Å². The summed E-state index contributed by atoms with van der Waals surface area (Å²) in [6.07, 6.45) is 1.77. The number of nitrogens with zero attached hydrogens (tertiary/aromatic N) is 3. The van der Waals surface area contributed by atoms with E-state index in [1.54, 1.807) is 24.1 Å². The molecule has 1 aromatic rings. The summed E-state index contributed by atoms with van der Waals surface area (Å²) < 4.78 is 0. The Morgan fingerprint density at radius 1 is 1.53 bits per heavy atom. The predicted molar refractivity (Wildman–Crippen MR) is 66.3 cm³/mol. The maximum Gasteiger partial charge on any atom is 0.317 e. The van der Waals surface area contributed by atoms with Crippen molar-refractivity contribution in [3.8, 4) is 0 Å². The van der Waals surface area contributed by atoms with E-state index in [4.69, 9.17) is 5.11 Å². The van der Waals surface area contributed by atoms with E-state index in [0.717, 1.165) is 5.69 Å². The minimum atomic E-state index is -0.818. The van der Waals surface area contributed by atoms with Gasteiger partial charge in [0.1, 0.15) is 5.82 Å². The van der Waals surface area contributed by atoms with Gasteiger partial charge in [0.15, 0.2) is 0 Å².